The second kappa shape index (κ2) is 12.7. The molecule has 0 radical (unpaired) electrons. The van der Waals surface area contributed by atoms with Gasteiger partial charge in [0.1, 0.15) is 6.10 Å². The van der Waals surface area contributed by atoms with E-state index >= 15 is 0 Å². The normalized spacial score (nSPS) is 22.9. The number of ether oxygens (including phenoxy) is 3. The van der Waals surface area contributed by atoms with E-state index in [1.54, 1.807) is 24.3 Å². The monoisotopic (exact) mass is 545 g/mol. The van der Waals surface area contributed by atoms with Crippen LogP contribution in [0.1, 0.15) is 37.8 Å². The molecular formula is C29H39NO7S. The van der Waals surface area contributed by atoms with Gasteiger partial charge in [0.05, 0.1) is 36.6 Å². The molecule has 2 heterocycles. The number of benzene rings is 2. The van der Waals surface area contributed by atoms with Gasteiger partial charge in [0, 0.05) is 19.0 Å². The van der Waals surface area contributed by atoms with Crippen LogP contribution in [0.4, 0.5) is 0 Å². The van der Waals surface area contributed by atoms with E-state index in [-0.39, 0.29) is 48.6 Å². The van der Waals surface area contributed by atoms with Crippen molar-refractivity contribution in [1.29, 1.82) is 0 Å². The van der Waals surface area contributed by atoms with Gasteiger partial charge in [-0.3, -0.25) is 4.79 Å². The van der Waals surface area contributed by atoms with Crippen molar-refractivity contribution >= 4 is 16.0 Å². The Morgan fingerprint density at radius 1 is 1.08 bits per heavy atom. The van der Waals surface area contributed by atoms with Gasteiger partial charge in [-0.15, -0.1) is 0 Å². The molecule has 8 nitrogen and oxygen atoms in total. The van der Waals surface area contributed by atoms with Crippen molar-refractivity contribution in [2.75, 3.05) is 26.3 Å². The number of carbonyl (C=O) groups is 1. The number of carbonyl (C=O) groups excluding carboxylic acids is 1. The lowest BCUT2D eigenvalue weighted by Crippen LogP contribution is -2.43. The van der Waals surface area contributed by atoms with E-state index in [1.165, 1.54) is 4.31 Å². The van der Waals surface area contributed by atoms with E-state index in [9.17, 15) is 18.3 Å². The zero-order valence-electron chi connectivity index (χ0n) is 22.4. The summed E-state index contributed by atoms with van der Waals surface area (Å²) in [7, 11) is -3.84. The maximum Gasteiger partial charge on any atom is 0.306 e. The van der Waals surface area contributed by atoms with Gasteiger partial charge >= 0.3 is 5.97 Å². The first-order valence-electron chi connectivity index (χ1n) is 13.3. The highest BCUT2D eigenvalue weighted by Crippen LogP contribution is 2.33. The van der Waals surface area contributed by atoms with Gasteiger partial charge < -0.3 is 19.3 Å². The van der Waals surface area contributed by atoms with Gasteiger partial charge in [0.25, 0.3) is 0 Å². The molecule has 0 aliphatic carbocycles. The minimum Gasteiger partial charge on any atom is -0.459 e. The van der Waals surface area contributed by atoms with Crippen molar-refractivity contribution < 1.29 is 32.5 Å². The Bertz CT molecular complexity index is 1150. The molecule has 0 saturated carbocycles. The molecule has 2 aromatic rings. The lowest BCUT2D eigenvalue weighted by atomic mass is 9.90. The number of rotatable bonds is 12. The predicted molar refractivity (Wildman–Crippen MR) is 143 cm³/mol. The maximum atomic E-state index is 13.6. The van der Waals surface area contributed by atoms with Crippen LogP contribution in [0.25, 0.3) is 0 Å². The highest BCUT2D eigenvalue weighted by molar-refractivity contribution is 7.89. The largest absolute Gasteiger partial charge is 0.459 e. The minimum atomic E-state index is -3.84. The fraction of sp³-hybridized carbons (Fsp3) is 0.552. The summed E-state index contributed by atoms with van der Waals surface area (Å²) < 4.78 is 45.3. The number of nitrogens with zero attached hydrogens (tertiary/aromatic N) is 1. The molecule has 5 atom stereocenters. The van der Waals surface area contributed by atoms with Crippen LogP contribution in [0, 0.1) is 24.7 Å². The van der Waals surface area contributed by atoms with Crippen molar-refractivity contribution in [2.45, 2.75) is 63.4 Å². The summed E-state index contributed by atoms with van der Waals surface area (Å²) in [4.78, 5) is 13.2. The number of esters is 1. The first-order valence-corrected chi connectivity index (χ1v) is 14.8. The molecule has 0 aromatic heterocycles. The van der Waals surface area contributed by atoms with E-state index in [2.05, 4.69) is 0 Å². The van der Waals surface area contributed by atoms with E-state index in [0.29, 0.717) is 19.6 Å². The summed E-state index contributed by atoms with van der Waals surface area (Å²) in [6.07, 6.45) is -0.624. The fourth-order valence-corrected chi connectivity index (χ4v) is 6.76. The number of hydrogen-bond acceptors (Lipinski definition) is 7. The minimum absolute atomic E-state index is 0.0256. The summed E-state index contributed by atoms with van der Waals surface area (Å²) in [5.74, 6) is -0.893. The van der Waals surface area contributed by atoms with Crippen LogP contribution in [0.3, 0.4) is 0 Å². The summed E-state index contributed by atoms with van der Waals surface area (Å²) in [6, 6.07) is 16.3. The number of aliphatic hydroxyl groups excluding tert-OH is 1. The van der Waals surface area contributed by atoms with Crippen molar-refractivity contribution in [2.24, 2.45) is 17.8 Å². The molecular weight excluding hydrogens is 506 g/mol. The number of hydrogen-bond donors (Lipinski definition) is 1. The predicted octanol–water partition coefficient (Wildman–Crippen LogP) is 3.56. The van der Waals surface area contributed by atoms with Crippen LogP contribution < -0.4 is 0 Å². The van der Waals surface area contributed by atoms with Crippen LogP contribution in [-0.4, -0.2) is 68.6 Å². The van der Waals surface area contributed by atoms with Crippen LogP contribution >= 0.6 is 0 Å². The fourth-order valence-electron chi connectivity index (χ4n) is 5.13. The van der Waals surface area contributed by atoms with Crippen LogP contribution in [0.5, 0.6) is 0 Å². The molecule has 2 saturated heterocycles. The van der Waals surface area contributed by atoms with Gasteiger partial charge in [-0.1, -0.05) is 61.9 Å². The van der Waals surface area contributed by atoms with E-state index in [4.69, 9.17) is 14.2 Å². The van der Waals surface area contributed by atoms with Gasteiger partial charge in [0.2, 0.25) is 10.0 Å². The third kappa shape index (κ3) is 7.21. The quantitative estimate of drug-likeness (QED) is 0.407. The maximum absolute atomic E-state index is 13.6. The van der Waals surface area contributed by atoms with Crippen LogP contribution in [0.15, 0.2) is 59.5 Å². The molecule has 9 heteroatoms. The topological polar surface area (TPSA) is 102 Å². The van der Waals surface area contributed by atoms with E-state index in [1.807, 2.05) is 51.1 Å². The van der Waals surface area contributed by atoms with E-state index < -0.39 is 28.0 Å². The molecule has 38 heavy (non-hydrogen) atoms. The molecule has 2 aliphatic heterocycles. The summed E-state index contributed by atoms with van der Waals surface area (Å²) >= 11 is 0. The molecule has 208 valence electrons. The molecule has 0 amide bonds. The molecule has 2 fully saturated rings. The van der Waals surface area contributed by atoms with Crippen molar-refractivity contribution in [3.63, 3.8) is 0 Å². The number of sulfonamides is 1. The number of aliphatic hydroxyl groups is 1. The van der Waals surface area contributed by atoms with Gasteiger partial charge in [-0.05, 0) is 43.4 Å². The lowest BCUT2D eigenvalue weighted by molar-refractivity contribution is -0.153. The molecule has 2 aromatic carbocycles. The summed E-state index contributed by atoms with van der Waals surface area (Å²) in [5, 5.41) is 11.4. The Labute approximate surface area is 225 Å². The smallest absolute Gasteiger partial charge is 0.306 e. The molecule has 0 bridgehead atoms. The second-order valence-corrected chi connectivity index (χ2v) is 12.7. The van der Waals surface area contributed by atoms with Crippen molar-refractivity contribution in [3.8, 4) is 0 Å². The first kappa shape index (κ1) is 28.7. The highest BCUT2D eigenvalue weighted by atomic mass is 32.2. The Morgan fingerprint density at radius 2 is 1.79 bits per heavy atom. The van der Waals surface area contributed by atoms with Crippen LogP contribution in [-0.2, 0) is 35.4 Å². The molecule has 2 aliphatic rings. The van der Waals surface area contributed by atoms with Gasteiger partial charge in [0.15, 0.2) is 6.29 Å². The number of aryl methyl sites for hydroxylation is 1. The van der Waals surface area contributed by atoms with Crippen LogP contribution in [0.2, 0.25) is 0 Å². The average molecular weight is 546 g/mol. The Hall–Kier alpha value is -2.30. The summed E-state index contributed by atoms with van der Waals surface area (Å²) in [6.45, 7) is 6.78. The number of fused-ring (bicyclic) bond motifs is 1. The zero-order valence-corrected chi connectivity index (χ0v) is 23.2. The zero-order chi connectivity index (χ0) is 27.3. The van der Waals surface area contributed by atoms with Gasteiger partial charge in [-0.2, -0.15) is 4.31 Å². The van der Waals surface area contributed by atoms with E-state index in [0.717, 1.165) is 17.5 Å². The molecule has 4 rings (SSSR count). The molecule has 1 N–H and O–H groups in total. The highest BCUT2D eigenvalue weighted by Gasteiger charge is 2.44. The second-order valence-electron chi connectivity index (χ2n) is 10.8. The third-order valence-corrected chi connectivity index (χ3v) is 9.05. The average Bonchev–Trinajstić information content (AvgIpc) is 3.49. The third-order valence-electron chi connectivity index (χ3n) is 7.20. The molecule has 0 unspecified atom stereocenters. The standard InChI is InChI=1S/C29H39NO7S/c1-20(2)17-30(38(33,34)24-11-9-21(3)10-12-24)18-26(31)23(15-22-7-5-4-6-8-22)16-28(32)37-27-19-36-29-25(27)13-14-35-29/h4-12,20,23,25-27,29,31H,13-19H2,1-3H3/t23-,25+,26-,27+,29-/m1/s1. The molecule has 0 spiro atoms. The Morgan fingerprint density at radius 3 is 2.47 bits per heavy atom. The van der Waals surface area contributed by atoms with Crippen molar-refractivity contribution in [3.05, 3.63) is 65.7 Å². The Kier molecular flexibility index (Phi) is 9.59. The van der Waals surface area contributed by atoms with Crippen molar-refractivity contribution in [1.82, 2.24) is 4.31 Å². The SMILES string of the molecule is Cc1ccc(S(=O)(=O)N(CC(C)C)C[C@@H](O)[C@@H](CC(=O)O[C@H]2CO[C@H]3OCC[C@H]32)Cc2ccccc2)cc1. The lowest BCUT2D eigenvalue weighted by Gasteiger charge is -2.30. The Balaban J connectivity index is 1.51. The van der Waals surface area contributed by atoms with Gasteiger partial charge in [-0.25, -0.2) is 8.42 Å². The summed E-state index contributed by atoms with van der Waals surface area (Å²) in [5.41, 5.74) is 1.92. The first-order chi connectivity index (χ1) is 18.1.